The summed E-state index contributed by atoms with van der Waals surface area (Å²) in [6, 6.07) is 9.23. The van der Waals surface area contributed by atoms with Crippen molar-refractivity contribution < 1.29 is 28.5 Å². The molecule has 8 nitrogen and oxygen atoms in total. The number of benzene rings is 2. The molecular formula is C24H24N2O6S. The lowest BCUT2D eigenvalue weighted by molar-refractivity contribution is -0.114. The number of rotatable bonds is 7. The number of methoxy groups -OCH3 is 2. The maximum atomic E-state index is 13.4. The Bertz CT molecular complexity index is 1160. The number of ether oxygens (including phenoxy) is 5. The number of carbonyl (C=O) groups excluding carboxylic acids is 1. The molecular weight excluding hydrogens is 444 g/mol. The summed E-state index contributed by atoms with van der Waals surface area (Å²) in [4.78, 5) is 19.8. The highest BCUT2D eigenvalue weighted by Crippen LogP contribution is 2.40. The molecule has 1 saturated heterocycles. The highest BCUT2D eigenvalue weighted by molar-refractivity contribution is 7.22. The summed E-state index contributed by atoms with van der Waals surface area (Å²) in [5.41, 5.74) is 1.51. The van der Waals surface area contributed by atoms with Gasteiger partial charge in [0.15, 0.2) is 16.6 Å². The van der Waals surface area contributed by atoms with Crippen molar-refractivity contribution in [3.05, 3.63) is 42.0 Å². The van der Waals surface area contributed by atoms with Crippen LogP contribution in [0.3, 0.4) is 0 Å². The van der Waals surface area contributed by atoms with Crippen molar-refractivity contribution in [3.8, 4) is 23.0 Å². The van der Waals surface area contributed by atoms with Gasteiger partial charge in [0.2, 0.25) is 6.79 Å². The SMILES string of the molecule is COc1ccc(OC)c2sc(N(CC3CCCO3)C(=O)/C=C/c3ccc4c(c3)OCO4)nc12. The Morgan fingerprint density at radius 3 is 2.79 bits per heavy atom. The van der Waals surface area contributed by atoms with Crippen molar-refractivity contribution in [2.24, 2.45) is 0 Å². The molecule has 1 amide bonds. The third kappa shape index (κ3) is 4.34. The number of fused-ring (bicyclic) bond motifs is 2. The van der Waals surface area contributed by atoms with Crippen LogP contribution in [0.1, 0.15) is 18.4 Å². The number of carbonyl (C=O) groups is 1. The van der Waals surface area contributed by atoms with E-state index in [0.717, 1.165) is 23.1 Å². The van der Waals surface area contributed by atoms with Crippen molar-refractivity contribution in [1.82, 2.24) is 4.98 Å². The molecule has 33 heavy (non-hydrogen) atoms. The van der Waals surface area contributed by atoms with Gasteiger partial charge in [-0.15, -0.1) is 0 Å². The molecule has 3 aromatic rings. The minimum absolute atomic E-state index is 0.0244. The lowest BCUT2D eigenvalue weighted by Gasteiger charge is -2.21. The fourth-order valence-electron chi connectivity index (χ4n) is 3.92. The Balaban J connectivity index is 1.47. The molecule has 0 saturated carbocycles. The number of aromatic nitrogens is 1. The second-order valence-corrected chi connectivity index (χ2v) is 8.65. The second-order valence-electron chi connectivity index (χ2n) is 7.67. The first kappa shape index (κ1) is 21.5. The minimum atomic E-state index is -0.180. The van der Waals surface area contributed by atoms with Crippen LogP contribution in [0.2, 0.25) is 0 Å². The van der Waals surface area contributed by atoms with Crippen molar-refractivity contribution in [3.63, 3.8) is 0 Å². The van der Waals surface area contributed by atoms with Crippen LogP contribution >= 0.6 is 11.3 Å². The molecule has 5 rings (SSSR count). The van der Waals surface area contributed by atoms with Gasteiger partial charge in [-0.2, -0.15) is 0 Å². The Labute approximate surface area is 195 Å². The van der Waals surface area contributed by atoms with Crippen LogP contribution in [0.5, 0.6) is 23.0 Å². The number of hydrogen-bond donors (Lipinski definition) is 0. The van der Waals surface area contributed by atoms with E-state index in [1.165, 1.54) is 11.3 Å². The first-order valence-electron chi connectivity index (χ1n) is 10.7. The van der Waals surface area contributed by atoms with E-state index >= 15 is 0 Å². The predicted octanol–water partition coefficient (Wildman–Crippen LogP) is 4.27. The highest BCUT2D eigenvalue weighted by atomic mass is 32.1. The van der Waals surface area contributed by atoms with Crippen LogP contribution in [-0.4, -0.2) is 51.2 Å². The molecule has 2 aromatic carbocycles. The van der Waals surface area contributed by atoms with Gasteiger partial charge in [0, 0.05) is 12.7 Å². The van der Waals surface area contributed by atoms with E-state index in [0.29, 0.717) is 46.8 Å². The van der Waals surface area contributed by atoms with Gasteiger partial charge in [-0.05, 0) is 48.7 Å². The smallest absolute Gasteiger partial charge is 0.252 e. The van der Waals surface area contributed by atoms with E-state index in [-0.39, 0.29) is 18.8 Å². The van der Waals surface area contributed by atoms with E-state index < -0.39 is 0 Å². The quantitative estimate of drug-likeness (QED) is 0.479. The average Bonchev–Trinajstić information content (AvgIpc) is 3.60. The molecule has 1 fully saturated rings. The molecule has 3 heterocycles. The first-order valence-corrected chi connectivity index (χ1v) is 11.5. The predicted molar refractivity (Wildman–Crippen MR) is 126 cm³/mol. The molecule has 1 atom stereocenters. The summed E-state index contributed by atoms with van der Waals surface area (Å²) in [7, 11) is 3.22. The molecule has 0 spiro atoms. The summed E-state index contributed by atoms with van der Waals surface area (Å²) in [5, 5.41) is 0.573. The van der Waals surface area contributed by atoms with Gasteiger partial charge in [-0.3, -0.25) is 9.69 Å². The highest BCUT2D eigenvalue weighted by Gasteiger charge is 2.26. The monoisotopic (exact) mass is 468 g/mol. The van der Waals surface area contributed by atoms with Gasteiger partial charge in [0.05, 0.1) is 26.9 Å². The number of nitrogens with zero attached hydrogens (tertiary/aromatic N) is 2. The van der Waals surface area contributed by atoms with Crippen LogP contribution in [0.25, 0.3) is 16.3 Å². The molecule has 0 radical (unpaired) electrons. The third-order valence-corrected chi connectivity index (χ3v) is 6.71. The third-order valence-electron chi connectivity index (χ3n) is 5.62. The number of anilines is 1. The maximum absolute atomic E-state index is 13.4. The summed E-state index contributed by atoms with van der Waals surface area (Å²) in [6.07, 6.45) is 5.19. The molecule has 0 bridgehead atoms. The number of hydrogen-bond acceptors (Lipinski definition) is 8. The van der Waals surface area contributed by atoms with Crippen molar-refractivity contribution in [2.75, 3.05) is 39.1 Å². The zero-order valence-electron chi connectivity index (χ0n) is 18.4. The van der Waals surface area contributed by atoms with Crippen molar-refractivity contribution >= 4 is 38.7 Å². The standard InChI is InChI=1S/C24H24N2O6S/c1-28-18-8-9-19(29-2)23-22(18)25-24(33-23)26(13-16-4-3-11-30-16)21(27)10-6-15-5-7-17-20(12-15)32-14-31-17/h5-10,12,16H,3-4,11,13-14H2,1-2H3/b10-6+. The topological polar surface area (TPSA) is 79.4 Å². The molecule has 0 aliphatic carbocycles. The summed E-state index contributed by atoms with van der Waals surface area (Å²) < 4.78 is 28.4. The van der Waals surface area contributed by atoms with E-state index in [1.807, 2.05) is 30.3 Å². The van der Waals surface area contributed by atoms with E-state index in [2.05, 4.69) is 0 Å². The fraction of sp³-hybridized carbons (Fsp3) is 0.333. The van der Waals surface area contributed by atoms with E-state index in [9.17, 15) is 4.79 Å². The minimum Gasteiger partial charge on any atom is -0.495 e. The Morgan fingerprint density at radius 2 is 2.00 bits per heavy atom. The van der Waals surface area contributed by atoms with Gasteiger partial charge in [-0.25, -0.2) is 4.98 Å². The zero-order valence-corrected chi connectivity index (χ0v) is 19.2. The van der Waals surface area contributed by atoms with E-state index in [4.69, 9.17) is 28.7 Å². The van der Waals surface area contributed by atoms with Crippen LogP contribution in [-0.2, 0) is 9.53 Å². The normalized spacial score (nSPS) is 17.1. The molecule has 2 aliphatic rings. The maximum Gasteiger partial charge on any atom is 0.252 e. The zero-order chi connectivity index (χ0) is 22.8. The van der Waals surface area contributed by atoms with Gasteiger partial charge in [0.25, 0.3) is 5.91 Å². The van der Waals surface area contributed by atoms with Crippen molar-refractivity contribution in [2.45, 2.75) is 18.9 Å². The van der Waals surface area contributed by atoms with Gasteiger partial charge < -0.3 is 23.7 Å². The number of thiazole rings is 1. The van der Waals surface area contributed by atoms with Crippen LogP contribution < -0.4 is 23.8 Å². The van der Waals surface area contributed by atoms with Crippen molar-refractivity contribution in [1.29, 1.82) is 0 Å². The van der Waals surface area contributed by atoms with Crippen LogP contribution in [0, 0.1) is 0 Å². The summed E-state index contributed by atoms with van der Waals surface area (Å²) in [6.45, 7) is 1.34. The molecule has 1 unspecified atom stereocenters. The molecule has 2 aliphatic heterocycles. The lowest BCUT2D eigenvalue weighted by atomic mass is 10.2. The molecule has 172 valence electrons. The Kier molecular flexibility index (Phi) is 6.06. The number of amides is 1. The molecule has 9 heteroatoms. The van der Waals surface area contributed by atoms with Crippen LogP contribution in [0.4, 0.5) is 5.13 Å². The average molecular weight is 469 g/mol. The molecule has 0 N–H and O–H groups in total. The largest absolute Gasteiger partial charge is 0.495 e. The Morgan fingerprint density at radius 1 is 1.18 bits per heavy atom. The summed E-state index contributed by atoms with van der Waals surface area (Å²) >= 11 is 1.40. The Hall–Kier alpha value is -3.30. The van der Waals surface area contributed by atoms with E-state index in [1.54, 1.807) is 31.3 Å². The van der Waals surface area contributed by atoms with Crippen LogP contribution in [0.15, 0.2) is 36.4 Å². The molecule has 1 aromatic heterocycles. The lowest BCUT2D eigenvalue weighted by Crippen LogP contribution is -2.36. The van der Waals surface area contributed by atoms with Gasteiger partial charge >= 0.3 is 0 Å². The summed E-state index contributed by atoms with van der Waals surface area (Å²) in [5.74, 6) is 2.52. The van der Waals surface area contributed by atoms with Gasteiger partial charge in [0.1, 0.15) is 21.7 Å². The second kappa shape index (κ2) is 9.29. The first-order chi connectivity index (χ1) is 16.2. The fourth-order valence-corrected chi connectivity index (χ4v) is 5.01. The van der Waals surface area contributed by atoms with Gasteiger partial charge in [-0.1, -0.05) is 17.4 Å².